The van der Waals surface area contributed by atoms with Crippen LogP contribution in [0.4, 0.5) is 0 Å². The summed E-state index contributed by atoms with van der Waals surface area (Å²) in [4.78, 5) is 27.4. The number of hydroxylamine groups is 2. The van der Waals surface area contributed by atoms with Gasteiger partial charge in [0.15, 0.2) is 0 Å². The van der Waals surface area contributed by atoms with Gasteiger partial charge in [-0.25, -0.2) is 0 Å². The molecule has 0 aliphatic carbocycles. The van der Waals surface area contributed by atoms with E-state index in [0.29, 0.717) is 16.4 Å². The number of hydrogen-bond acceptors (Lipinski definition) is 6. The molecule has 5 nitrogen and oxygen atoms in total. The van der Waals surface area contributed by atoms with Gasteiger partial charge in [0.1, 0.15) is 0 Å². The molecule has 2 aliphatic rings. The molecule has 0 bridgehead atoms. The minimum Gasteiger partial charge on any atom is -0.313 e. The van der Waals surface area contributed by atoms with Crippen LogP contribution in [-0.2, 0) is 9.59 Å². The third-order valence-electron chi connectivity index (χ3n) is 4.76. The van der Waals surface area contributed by atoms with Crippen molar-refractivity contribution in [2.24, 2.45) is 5.92 Å². The summed E-state index contributed by atoms with van der Waals surface area (Å²) in [5, 5.41) is 11.8. The topological polar surface area (TPSA) is 60.9 Å². The van der Waals surface area contributed by atoms with Gasteiger partial charge in [0.25, 0.3) is 11.8 Å². The van der Waals surface area contributed by atoms with Gasteiger partial charge in [0.05, 0.1) is 9.81 Å². The van der Waals surface area contributed by atoms with E-state index in [1.54, 1.807) is 0 Å². The molecule has 7 heteroatoms. The van der Waals surface area contributed by atoms with Crippen molar-refractivity contribution in [3.63, 3.8) is 0 Å². The SMILES string of the molecule is CSC1=C(SC)C(=O)N(CC2CC(C)(C)N(O)C2(C)C)C1=O. The molecule has 1 saturated heterocycles. The number of amides is 2. The maximum absolute atomic E-state index is 12.5. The van der Waals surface area contributed by atoms with Gasteiger partial charge in [-0.15, -0.1) is 23.5 Å². The van der Waals surface area contributed by atoms with Crippen molar-refractivity contribution in [3.8, 4) is 0 Å². The lowest BCUT2D eigenvalue weighted by molar-refractivity contribution is -0.197. The number of hydrogen-bond donors (Lipinski definition) is 1. The van der Waals surface area contributed by atoms with Crippen LogP contribution in [0.1, 0.15) is 34.1 Å². The van der Waals surface area contributed by atoms with Crippen molar-refractivity contribution in [2.45, 2.75) is 45.2 Å². The Morgan fingerprint density at radius 1 is 1.09 bits per heavy atom. The van der Waals surface area contributed by atoms with E-state index < -0.39 is 5.54 Å². The fraction of sp³-hybridized carbons (Fsp3) is 0.733. The van der Waals surface area contributed by atoms with Crippen LogP contribution in [-0.4, -0.2) is 57.1 Å². The van der Waals surface area contributed by atoms with Gasteiger partial charge in [-0.2, -0.15) is 5.06 Å². The molecule has 22 heavy (non-hydrogen) atoms. The molecule has 1 fully saturated rings. The summed E-state index contributed by atoms with van der Waals surface area (Å²) in [5.74, 6) is -0.372. The lowest BCUT2D eigenvalue weighted by Gasteiger charge is -2.36. The lowest BCUT2D eigenvalue weighted by Crippen LogP contribution is -2.49. The highest BCUT2D eigenvalue weighted by molar-refractivity contribution is 8.07. The molecule has 0 radical (unpaired) electrons. The van der Waals surface area contributed by atoms with Crippen LogP contribution in [0.3, 0.4) is 0 Å². The quantitative estimate of drug-likeness (QED) is 0.791. The first kappa shape index (κ1) is 17.8. The van der Waals surface area contributed by atoms with E-state index in [1.165, 1.54) is 33.5 Å². The van der Waals surface area contributed by atoms with E-state index in [9.17, 15) is 14.8 Å². The zero-order chi connectivity index (χ0) is 16.9. The van der Waals surface area contributed by atoms with Gasteiger partial charge < -0.3 is 5.21 Å². The fourth-order valence-electron chi connectivity index (χ4n) is 3.46. The van der Waals surface area contributed by atoms with Crippen LogP contribution in [0.15, 0.2) is 9.81 Å². The Labute approximate surface area is 140 Å². The molecular formula is C15H24N2O3S2. The maximum Gasteiger partial charge on any atom is 0.268 e. The Morgan fingerprint density at radius 2 is 1.55 bits per heavy atom. The second-order valence-electron chi connectivity index (χ2n) is 6.97. The molecule has 124 valence electrons. The average molecular weight is 345 g/mol. The number of nitrogens with zero attached hydrogens (tertiary/aromatic N) is 2. The van der Waals surface area contributed by atoms with Gasteiger partial charge in [0.2, 0.25) is 0 Å². The predicted molar refractivity (Wildman–Crippen MR) is 90.7 cm³/mol. The standard InChI is InChI=1S/C15H24N2O3S2/c1-14(2)7-9(15(3,4)17(14)20)8-16-12(18)10(21-5)11(22-6)13(16)19/h9,20H,7-8H2,1-6H3. The summed E-state index contributed by atoms with van der Waals surface area (Å²) < 4.78 is 0. The first-order chi connectivity index (χ1) is 10.1. The largest absolute Gasteiger partial charge is 0.313 e. The van der Waals surface area contributed by atoms with Crippen molar-refractivity contribution < 1.29 is 14.8 Å². The Morgan fingerprint density at radius 3 is 1.86 bits per heavy atom. The van der Waals surface area contributed by atoms with E-state index in [0.717, 1.165) is 6.42 Å². The maximum atomic E-state index is 12.5. The third kappa shape index (κ3) is 2.62. The number of carbonyl (C=O) groups is 2. The molecule has 0 saturated carbocycles. The highest BCUT2D eigenvalue weighted by Crippen LogP contribution is 2.45. The van der Waals surface area contributed by atoms with Gasteiger partial charge in [-0.1, -0.05) is 0 Å². The second-order valence-corrected chi connectivity index (χ2v) is 8.60. The Bertz CT molecular complexity index is 517. The molecule has 2 amide bonds. The van der Waals surface area contributed by atoms with Gasteiger partial charge in [-0.3, -0.25) is 14.5 Å². The minimum atomic E-state index is -0.480. The lowest BCUT2D eigenvalue weighted by atomic mass is 9.86. The van der Waals surface area contributed by atoms with Crippen LogP contribution in [0.2, 0.25) is 0 Å². The molecule has 0 aromatic carbocycles. The molecule has 2 aliphatic heterocycles. The van der Waals surface area contributed by atoms with Crippen LogP contribution in [0.25, 0.3) is 0 Å². The van der Waals surface area contributed by atoms with E-state index >= 15 is 0 Å². The first-order valence-electron chi connectivity index (χ1n) is 7.25. The third-order valence-corrected chi connectivity index (χ3v) is 6.46. The minimum absolute atomic E-state index is 0.0321. The van der Waals surface area contributed by atoms with Gasteiger partial charge in [0, 0.05) is 17.6 Å². The number of imide groups is 1. The first-order valence-corrected chi connectivity index (χ1v) is 9.70. The molecule has 2 rings (SSSR count). The summed E-state index contributed by atoms with van der Waals surface area (Å²) in [6.07, 6.45) is 4.37. The summed E-state index contributed by atoms with van der Waals surface area (Å²) >= 11 is 2.65. The Kier molecular flexibility index (Phi) is 4.75. The molecular weight excluding hydrogens is 320 g/mol. The Hall–Kier alpha value is -0.500. The highest BCUT2D eigenvalue weighted by Gasteiger charge is 2.53. The normalized spacial score (nSPS) is 28.1. The Balaban J connectivity index is 2.23. The van der Waals surface area contributed by atoms with Crippen molar-refractivity contribution in [3.05, 3.63) is 9.81 Å². The summed E-state index contributed by atoms with van der Waals surface area (Å²) in [5.41, 5.74) is -0.843. The molecule has 0 spiro atoms. The highest BCUT2D eigenvalue weighted by atomic mass is 32.2. The fourth-order valence-corrected chi connectivity index (χ4v) is 5.07. The van der Waals surface area contributed by atoms with Crippen molar-refractivity contribution in [1.82, 2.24) is 9.96 Å². The molecule has 1 N–H and O–H groups in total. The summed E-state index contributed by atoms with van der Waals surface area (Å²) in [7, 11) is 0. The van der Waals surface area contributed by atoms with E-state index in [-0.39, 0.29) is 23.3 Å². The number of rotatable bonds is 4. The molecule has 0 aromatic rings. The predicted octanol–water partition coefficient (Wildman–Crippen LogP) is 2.56. The van der Waals surface area contributed by atoms with Crippen LogP contribution < -0.4 is 0 Å². The van der Waals surface area contributed by atoms with Gasteiger partial charge >= 0.3 is 0 Å². The van der Waals surface area contributed by atoms with Crippen molar-refractivity contribution >= 4 is 35.3 Å². The molecule has 1 atom stereocenters. The van der Waals surface area contributed by atoms with E-state index in [4.69, 9.17) is 0 Å². The molecule has 0 aromatic heterocycles. The van der Waals surface area contributed by atoms with Crippen LogP contribution >= 0.6 is 23.5 Å². The zero-order valence-electron chi connectivity index (χ0n) is 14.0. The van der Waals surface area contributed by atoms with Crippen LogP contribution in [0, 0.1) is 5.92 Å². The average Bonchev–Trinajstić information content (AvgIpc) is 2.76. The summed E-state index contributed by atoms with van der Waals surface area (Å²) in [6, 6.07) is 0. The van der Waals surface area contributed by atoms with E-state index in [2.05, 4.69) is 0 Å². The second kappa shape index (κ2) is 5.85. The monoisotopic (exact) mass is 344 g/mol. The van der Waals surface area contributed by atoms with Gasteiger partial charge in [-0.05, 0) is 52.5 Å². The van der Waals surface area contributed by atoms with Crippen molar-refractivity contribution in [1.29, 1.82) is 0 Å². The number of carbonyl (C=O) groups excluding carboxylic acids is 2. The summed E-state index contributed by atoms with van der Waals surface area (Å²) in [6.45, 7) is 8.20. The number of thioether (sulfide) groups is 2. The molecule has 2 heterocycles. The van der Waals surface area contributed by atoms with Crippen molar-refractivity contribution in [2.75, 3.05) is 19.1 Å². The smallest absolute Gasteiger partial charge is 0.268 e. The van der Waals surface area contributed by atoms with E-state index in [1.807, 2.05) is 40.2 Å². The van der Waals surface area contributed by atoms with Crippen LogP contribution in [0.5, 0.6) is 0 Å². The zero-order valence-corrected chi connectivity index (χ0v) is 15.6. The molecule has 1 unspecified atom stereocenters.